The molecule has 0 aromatic carbocycles. The maximum absolute atomic E-state index is 3.05. The lowest BCUT2D eigenvalue weighted by Crippen LogP contribution is -2.04. The Bertz CT molecular complexity index is 157. The van der Waals surface area contributed by atoms with Crippen LogP contribution in [0.1, 0.15) is 20.3 Å². The molecule has 1 N–H and O–H groups in total. The number of hydrogen-bond acceptors (Lipinski definition) is 1. The van der Waals surface area contributed by atoms with Gasteiger partial charge in [-0.25, -0.2) is 0 Å². The first-order chi connectivity index (χ1) is 4.85. The van der Waals surface area contributed by atoms with Crippen molar-refractivity contribution in [2.45, 2.75) is 20.3 Å². The third kappa shape index (κ3) is 4.17. The van der Waals surface area contributed by atoms with Crippen molar-refractivity contribution in [2.24, 2.45) is 0 Å². The molecule has 1 nitrogen and oxygen atoms in total. The molecule has 0 aliphatic carbocycles. The summed E-state index contributed by atoms with van der Waals surface area (Å²) in [6.45, 7) is 4.90. The molecule has 0 aromatic heterocycles. The monoisotopic (exact) mass is 137 g/mol. The summed E-state index contributed by atoms with van der Waals surface area (Å²) >= 11 is 0. The molecule has 0 spiro atoms. The Balaban J connectivity index is 3.87. The van der Waals surface area contributed by atoms with Crippen LogP contribution in [0.15, 0.2) is 11.6 Å². The first-order valence-corrected chi connectivity index (χ1v) is 3.61. The molecule has 0 saturated carbocycles. The summed E-state index contributed by atoms with van der Waals surface area (Å²) in [4.78, 5) is 0. The van der Waals surface area contributed by atoms with E-state index in [1.807, 2.05) is 14.0 Å². The van der Waals surface area contributed by atoms with E-state index in [-0.39, 0.29) is 0 Å². The van der Waals surface area contributed by atoms with Crippen LogP contribution in [0.25, 0.3) is 0 Å². The fourth-order valence-electron chi connectivity index (χ4n) is 0.670. The van der Waals surface area contributed by atoms with Crippen LogP contribution in [-0.2, 0) is 0 Å². The van der Waals surface area contributed by atoms with E-state index >= 15 is 0 Å². The average Bonchev–Trinajstić information content (AvgIpc) is 1.98. The Hall–Kier alpha value is -0.740. The molecule has 0 unspecified atom stereocenters. The molecule has 0 fully saturated rings. The van der Waals surface area contributed by atoms with Crippen molar-refractivity contribution in [3.8, 4) is 11.8 Å². The molecular formula is C9H15N. The summed E-state index contributed by atoms with van der Waals surface area (Å²) in [7, 11) is 1.93. The van der Waals surface area contributed by atoms with Gasteiger partial charge in [-0.15, -0.1) is 5.92 Å². The van der Waals surface area contributed by atoms with E-state index in [0.717, 1.165) is 13.0 Å². The van der Waals surface area contributed by atoms with Crippen molar-refractivity contribution in [1.29, 1.82) is 0 Å². The minimum atomic E-state index is 0.915. The predicted octanol–water partition coefficient (Wildman–Crippen LogP) is 1.57. The van der Waals surface area contributed by atoms with Crippen molar-refractivity contribution in [2.75, 3.05) is 13.6 Å². The van der Waals surface area contributed by atoms with E-state index in [1.54, 1.807) is 0 Å². The van der Waals surface area contributed by atoms with E-state index < -0.39 is 0 Å². The number of likely N-dealkylation sites (N-methyl/N-ethyl adjacent to an activating group) is 1. The van der Waals surface area contributed by atoms with E-state index in [1.165, 1.54) is 5.57 Å². The first kappa shape index (κ1) is 9.26. The normalized spacial score (nSPS) is 10.5. The van der Waals surface area contributed by atoms with Crippen molar-refractivity contribution in [3.05, 3.63) is 11.6 Å². The Labute approximate surface area is 63.5 Å². The predicted molar refractivity (Wildman–Crippen MR) is 45.8 cm³/mol. The van der Waals surface area contributed by atoms with Crippen molar-refractivity contribution in [3.63, 3.8) is 0 Å². The topological polar surface area (TPSA) is 12.0 Å². The lowest BCUT2D eigenvalue weighted by Gasteiger charge is -1.92. The molecule has 0 atom stereocenters. The smallest absolute Gasteiger partial charge is 0.0143 e. The summed E-state index contributed by atoms with van der Waals surface area (Å²) in [5.41, 5.74) is 1.22. The van der Waals surface area contributed by atoms with Gasteiger partial charge in [0.1, 0.15) is 0 Å². The Morgan fingerprint density at radius 1 is 1.60 bits per heavy atom. The zero-order valence-corrected chi connectivity index (χ0v) is 6.99. The van der Waals surface area contributed by atoms with Crippen LogP contribution < -0.4 is 5.32 Å². The van der Waals surface area contributed by atoms with Gasteiger partial charge >= 0.3 is 0 Å². The molecule has 0 amide bonds. The molecule has 0 aliphatic heterocycles. The highest BCUT2D eigenvalue weighted by Gasteiger charge is 1.84. The second-order valence-electron chi connectivity index (χ2n) is 2.02. The van der Waals surface area contributed by atoms with Crippen LogP contribution in [0.5, 0.6) is 0 Å². The second-order valence-corrected chi connectivity index (χ2v) is 2.02. The van der Waals surface area contributed by atoms with Crippen molar-refractivity contribution >= 4 is 0 Å². The Morgan fingerprint density at radius 2 is 2.30 bits per heavy atom. The third-order valence-corrected chi connectivity index (χ3v) is 1.22. The van der Waals surface area contributed by atoms with Crippen LogP contribution >= 0.6 is 0 Å². The third-order valence-electron chi connectivity index (χ3n) is 1.22. The number of rotatable bonds is 3. The zero-order valence-electron chi connectivity index (χ0n) is 6.99. The van der Waals surface area contributed by atoms with Gasteiger partial charge in [0, 0.05) is 6.54 Å². The quantitative estimate of drug-likeness (QED) is 0.582. The van der Waals surface area contributed by atoms with Crippen molar-refractivity contribution < 1.29 is 0 Å². The van der Waals surface area contributed by atoms with Gasteiger partial charge in [-0.2, -0.15) is 0 Å². The van der Waals surface area contributed by atoms with Crippen LogP contribution in [0.2, 0.25) is 0 Å². The summed E-state index contributed by atoms with van der Waals surface area (Å²) in [6, 6.07) is 0. The van der Waals surface area contributed by atoms with Gasteiger partial charge in [0.25, 0.3) is 0 Å². The summed E-state index contributed by atoms with van der Waals surface area (Å²) in [5, 5.41) is 3.05. The average molecular weight is 137 g/mol. The van der Waals surface area contributed by atoms with Crippen LogP contribution in [0.4, 0.5) is 0 Å². The molecule has 0 radical (unpaired) electrons. The fraction of sp³-hybridized carbons (Fsp3) is 0.556. The highest BCUT2D eigenvalue weighted by molar-refractivity contribution is 5.27. The molecule has 1 heteroatoms. The van der Waals surface area contributed by atoms with E-state index in [4.69, 9.17) is 0 Å². The molecule has 0 aromatic rings. The van der Waals surface area contributed by atoms with Gasteiger partial charge in [-0.3, -0.25) is 0 Å². The summed E-state index contributed by atoms with van der Waals surface area (Å²) < 4.78 is 0. The molecule has 10 heavy (non-hydrogen) atoms. The van der Waals surface area contributed by atoms with Crippen LogP contribution in [-0.4, -0.2) is 13.6 Å². The number of hydrogen-bond donors (Lipinski definition) is 1. The van der Waals surface area contributed by atoms with Gasteiger partial charge in [0.2, 0.25) is 0 Å². The second kappa shape index (κ2) is 6.38. The molecule has 0 heterocycles. The van der Waals surface area contributed by atoms with E-state index in [2.05, 4.69) is 30.2 Å². The minimum absolute atomic E-state index is 0.915. The largest absolute Gasteiger partial charge is 0.316 e. The van der Waals surface area contributed by atoms with Gasteiger partial charge in [0.15, 0.2) is 0 Å². The Kier molecular flexibility index (Phi) is 5.91. The van der Waals surface area contributed by atoms with Gasteiger partial charge in [0.05, 0.1) is 0 Å². The molecular weight excluding hydrogens is 122 g/mol. The first-order valence-electron chi connectivity index (χ1n) is 3.61. The molecule has 0 saturated heterocycles. The highest BCUT2D eigenvalue weighted by atomic mass is 14.8. The van der Waals surface area contributed by atoms with Gasteiger partial charge < -0.3 is 5.32 Å². The standard InChI is InChI=1S/C9H15N/c1-4-6-9(5-2)7-8-10-3/h7,10H,5,8H2,1-3H3. The Morgan fingerprint density at radius 3 is 2.70 bits per heavy atom. The maximum atomic E-state index is 3.05. The highest BCUT2D eigenvalue weighted by Crippen LogP contribution is 1.96. The summed E-state index contributed by atoms with van der Waals surface area (Å²) in [5.74, 6) is 5.92. The van der Waals surface area contributed by atoms with E-state index in [0.29, 0.717) is 0 Å². The number of allylic oxidation sites excluding steroid dienone is 1. The van der Waals surface area contributed by atoms with Gasteiger partial charge in [-0.1, -0.05) is 18.9 Å². The lowest BCUT2D eigenvalue weighted by atomic mass is 10.2. The maximum Gasteiger partial charge on any atom is 0.0143 e. The SMILES string of the molecule is CC#CC(=CCNC)CC. The zero-order chi connectivity index (χ0) is 7.82. The molecule has 56 valence electrons. The molecule has 0 aliphatic rings. The van der Waals surface area contributed by atoms with Crippen LogP contribution in [0, 0.1) is 11.8 Å². The molecule has 0 rings (SSSR count). The number of nitrogens with one attached hydrogen (secondary N) is 1. The summed E-state index contributed by atoms with van der Waals surface area (Å²) in [6.07, 6.45) is 3.15. The minimum Gasteiger partial charge on any atom is -0.316 e. The fourth-order valence-corrected chi connectivity index (χ4v) is 0.670. The lowest BCUT2D eigenvalue weighted by molar-refractivity contribution is 0.910. The molecule has 0 bridgehead atoms. The van der Waals surface area contributed by atoms with Crippen LogP contribution in [0.3, 0.4) is 0 Å². The van der Waals surface area contributed by atoms with Gasteiger partial charge in [-0.05, 0) is 26.0 Å². The van der Waals surface area contributed by atoms with E-state index in [9.17, 15) is 0 Å². The van der Waals surface area contributed by atoms with Crippen molar-refractivity contribution in [1.82, 2.24) is 5.32 Å².